The Hall–Kier alpha value is -3.74. The van der Waals surface area contributed by atoms with Crippen LogP contribution < -0.4 is 10.4 Å². The molecule has 1 saturated heterocycles. The quantitative estimate of drug-likeness (QED) is 0.181. The topological polar surface area (TPSA) is 144 Å². The van der Waals surface area contributed by atoms with Gasteiger partial charge < -0.3 is 32.6 Å². The van der Waals surface area contributed by atoms with Crippen molar-refractivity contribution >= 4 is 39.7 Å². The van der Waals surface area contributed by atoms with Gasteiger partial charge in [-0.1, -0.05) is 0 Å². The van der Waals surface area contributed by atoms with Gasteiger partial charge in [0.25, 0.3) is 11.8 Å². The average Bonchev–Trinajstić information content (AvgIpc) is 3.46. The van der Waals surface area contributed by atoms with E-state index in [9.17, 15) is 19.2 Å². The highest BCUT2D eigenvalue weighted by Gasteiger charge is 2.32. The van der Waals surface area contributed by atoms with Crippen molar-refractivity contribution in [2.24, 2.45) is 0 Å². The molecule has 0 atom stereocenters. The molecular formula is C24H25NO11. The van der Waals surface area contributed by atoms with Crippen molar-refractivity contribution < 1.29 is 47.0 Å². The molecule has 1 fully saturated rings. The summed E-state index contributed by atoms with van der Waals surface area (Å²) in [6, 6.07) is 6.67. The summed E-state index contributed by atoms with van der Waals surface area (Å²) in [7, 11) is 0. The molecule has 4 rings (SSSR count). The molecule has 0 aliphatic carbocycles. The van der Waals surface area contributed by atoms with E-state index >= 15 is 0 Å². The fourth-order valence-corrected chi connectivity index (χ4v) is 3.44. The van der Waals surface area contributed by atoms with E-state index in [1.54, 1.807) is 12.1 Å². The number of hydroxylamine groups is 2. The van der Waals surface area contributed by atoms with Crippen LogP contribution in [0.2, 0.25) is 0 Å². The molecule has 0 spiro atoms. The number of hydrogen-bond acceptors (Lipinski definition) is 11. The monoisotopic (exact) mass is 503 g/mol. The van der Waals surface area contributed by atoms with Crippen molar-refractivity contribution in [2.75, 3.05) is 46.2 Å². The zero-order valence-corrected chi connectivity index (χ0v) is 19.4. The third-order valence-corrected chi connectivity index (χ3v) is 5.15. The lowest BCUT2D eigenvalue weighted by Gasteiger charge is -2.12. The highest BCUT2D eigenvalue weighted by atomic mass is 16.7. The van der Waals surface area contributed by atoms with Gasteiger partial charge in [-0.25, -0.2) is 9.59 Å². The van der Waals surface area contributed by atoms with E-state index in [1.165, 1.54) is 12.3 Å². The highest BCUT2D eigenvalue weighted by molar-refractivity contribution is 6.01. The predicted molar refractivity (Wildman–Crippen MR) is 122 cm³/mol. The van der Waals surface area contributed by atoms with Crippen molar-refractivity contribution in [3.05, 3.63) is 40.9 Å². The van der Waals surface area contributed by atoms with Gasteiger partial charge in [0.05, 0.1) is 52.3 Å². The molecule has 3 heterocycles. The Morgan fingerprint density at radius 1 is 0.806 bits per heavy atom. The van der Waals surface area contributed by atoms with E-state index in [0.29, 0.717) is 41.8 Å². The van der Waals surface area contributed by atoms with Crippen molar-refractivity contribution in [1.29, 1.82) is 0 Å². The SMILES string of the molecule is O=C(CCOCCOCCOCCOc1c2occc2cc2ccc(=O)oc12)ON1C(=O)CCC1=O. The van der Waals surface area contributed by atoms with Crippen molar-refractivity contribution in [2.45, 2.75) is 19.3 Å². The molecule has 12 nitrogen and oxygen atoms in total. The van der Waals surface area contributed by atoms with E-state index in [4.69, 9.17) is 32.6 Å². The minimum absolute atomic E-state index is 0.0505. The van der Waals surface area contributed by atoms with Gasteiger partial charge in [-0.3, -0.25) is 9.59 Å². The van der Waals surface area contributed by atoms with Gasteiger partial charge in [-0.05, 0) is 18.2 Å². The maximum absolute atomic E-state index is 11.6. The van der Waals surface area contributed by atoms with Gasteiger partial charge in [0.2, 0.25) is 5.75 Å². The molecule has 1 aliphatic heterocycles. The first-order valence-corrected chi connectivity index (χ1v) is 11.4. The summed E-state index contributed by atoms with van der Waals surface area (Å²) in [5.74, 6) is -1.40. The summed E-state index contributed by atoms with van der Waals surface area (Å²) >= 11 is 0. The van der Waals surface area contributed by atoms with E-state index in [1.807, 2.05) is 6.07 Å². The van der Waals surface area contributed by atoms with Crippen LogP contribution in [0.4, 0.5) is 0 Å². The molecule has 12 heteroatoms. The zero-order chi connectivity index (χ0) is 25.3. The lowest BCUT2D eigenvalue weighted by Crippen LogP contribution is -2.32. The Kier molecular flexibility index (Phi) is 8.66. The zero-order valence-electron chi connectivity index (χ0n) is 19.4. The van der Waals surface area contributed by atoms with Crippen LogP contribution in [-0.2, 0) is 33.4 Å². The molecule has 0 unspecified atom stereocenters. The van der Waals surface area contributed by atoms with E-state index in [0.717, 1.165) is 10.8 Å². The molecule has 2 amide bonds. The number of furan rings is 1. The maximum atomic E-state index is 11.6. The number of fused-ring (bicyclic) bond motifs is 2. The van der Waals surface area contributed by atoms with Crippen LogP contribution in [-0.4, -0.2) is 69.1 Å². The summed E-state index contributed by atoms with van der Waals surface area (Å²) in [4.78, 5) is 50.8. The lowest BCUT2D eigenvalue weighted by molar-refractivity contribution is -0.198. The van der Waals surface area contributed by atoms with Crippen molar-refractivity contribution in [1.82, 2.24) is 5.06 Å². The van der Waals surface area contributed by atoms with Crippen LogP contribution in [0.3, 0.4) is 0 Å². The van der Waals surface area contributed by atoms with Gasteiger partial charge >= 0.3 is 11.6 Å². The summed E-state index contributed by atoms with van der Waals surface area (Å²) in [5.41, 5.74) is 0.330. The van der Waals surface area contributed by atoms with Crippen LogP contribution in [0.15, 0.2) is 44.2 Å². The molecular weight excluding hydrogens is 478 g/mol. The number of imide groups is 1. The van der Waals surface area contributed by atoms with Crippen LogP contribution in [0.5, 0.6) is 5.75 Å². The predicted octanol–water partition coefficient (Wildman–Crippen LogP) is 1.97. The highest BCUT2D eigenvalue weighted by Crippen LogP contribution is 2.34. The first kappa shape index (κ1) is 25.4. The first-order chi connectivity index (χ1) is 17.5. The van der Waals surface area contributed by atoms with Gasteiger partial charge in [-0.15, -0.1) is 5.06 Å². The Bertz CT molecular complexity index is 1260. The molecule has 1 aromatic carbocycles. The van der Waals surface area contributed by atoms with Crippen LogP contribution in [0, 0.1) is 0 Å². The van der Waals surface area contributed by atoms with Crippen molar-refractivity contribution in [3.63, 3.8) is 0 Å². The van der Waals surface area contributed by atoms with E-state index < -0.39 is 23.4 Å². The molecule has 3 aromatic rings. The summed E-state index contributed by atoms with van der Waals surface area (Å²) in [5, 5.41) is 2.06. The summed E-state index contributed by atoms with van der Waals surface area (Å²) in [6.45, 7) is 1.77. The summed E-state index contributed by atoms with van der Waals surface area (Å²) in [6.07, 6.45) is 1.55. The molecule has 36 heavy (non-hydrogen) atoms. The number of nitrogens with zero attached hydrogens (tertiary/aromatic N) is 1. The van der Waals surface area contributed by atoms with Gasteiger partial charge in [-0.2, -0.15) is 0 Å². The maximum Gasteiger partial charge on any atom is 0.336 e. The van der Waals surface area contributed by atoms with Crippen LogP contribution in [0.1, 0.15) is 19.3 Å². The Balaban J connectivity index is 1.05. The number of benzene rings is 1. The molecule has 0 radical (unpaired) electrons. The van der Waals surface area contributed by atoms with Gasteiger partial charge in [0.15, 0.2) is 11.2 Å². The Morgan fingerprint density at radius 3 is 2.17 bits per heavy atom. The van der Waals surface area contributed by atoms with Gasteiger partial charge in [0, 0.05) is 29.7 Å². The second-order valence-electron chi connectivity index (χ2n) is 7.70. The molecule has 0 bridgehead atoms. The minimum atomic E-state index is -0.714. The fraction of sp³-hybridized carbons (Fsp3) is 0.417. The third-order valence-electron chi connectivity index (χ3n) is 5.15. The Morgan fingerprint density at radius 2 is 1.44 bits per heavy atom. The second kappa shape index (κ2) is 12.3. The smallest absolute Gasteiger partial charge is 0.336 e. The largest absolute Gasteiger partial charge is 0.484 e. The molecule has 0 saturated carbocycles. The fourth-order valence-electron chi connectivity index (χ4n) is 3.44. The molecule has 1 aliphatic rings. The number of carbonyl (C=O) groups is 3. The number of hydrogen-bond donors (Lipinski definition) is 0. The van der Waals surface area contributed by atoms with E-state index in [2.05, 4.69) is 0 Å². The van der Waals surface area contributed by atoms with E-state index in [-0.39, 0.29) is 45.7 Å². The average molecular weight is 503 g/mol. The minimum Gasteiger partial charge on any atom is -0.484 e. The summed E-state index contributed by atoms with van der Waals surface area (Å²) < 4.78 is 32.7. The number of carbonyl (C=O) groups excluding carboxylic acids is 3. The Labute approximate surface area is 204 Å². The number of ether oxygens (including phenoxy) is 4. The number of amides is 2. The third kappa shape index (κ3) is 6.47. The standard InChI is InChI=1S/C24H25NO11/c26-18-2-3-19(27)25(18)36-21(29)6-7-30-9-10-31-11-12-32-13-14-34-24-22-17(5-8-33-22)15-16-1-4-20(28)35-23(16)24/h1,4-5,8,15H,2-3,6-7,9-14H2. The molecule has 192 valence electrons. The molecule has 0 N–H and O–H groups in total. The van der Waals surface area contributed by atoms with Gasteiger partial charge in [0.1, 0.15) is 6.61 Å². The van der Waals surface area contributed by atoms with Crippen LogP contribution >= 0.6 is 0 Å². The second-order valence-corrected chi connectivity index (χ2v) is 7.70. The van der Waals surface area contributed by atoms with Crippen molar-refractivity contribution in [3.8, 4) is 5.75 Å². The lowest BCUT2D eigenvalue weighted by atomic mass is 10.1. The molecule has 2 aromatic heterocycles. The van der Waals surface area contributed by atoms with Crippen LogP contribution in [0.25, 0.3) is 21.9 Å². The normalized spacial score (nSPS) is 13.7. The first-order valence-electron chi connectivity index (χ1n) is 11.4. The number of rotatable bonds is 14.